The van der Waals surface area contributed by atoms with Crippen molar-refractivity contribution in [2.75, 3.05) is 52.1 Å². The Labute approximate surface area is 398 Å². The van der Waals surface area contributed by atoms with Crippen LogP contribution in [0.15, 0.2) is 65.7 Å². The standard InChI is InChI=1S/C50H63ClFN7O7S/c1-7-67(62,63)35-15-16-40(37(25-35)38-29-58(6)45(61)43-36(38)17-20-54-43)66-41-12-8-10-30(42(41)52)11-9-23-64-33-18-21-59(22-19-33)48-55-27-32(28-56-48)44(60)57-46-49(2,3)47(50(46,4)5)65-34-14-13-31(26-53)39(51)24-34/h8,10,12-16,24-25,29,32-33,36,43,46-48,54-56H,7,9,11,17-23,27-28H2,1-6H3,(H,57,60). The summed E-state index contributed by atoms with van der Waals surface area (Å²) in [6.45, 7) is 13.9. The van der Waals surface area contributed by atoms with Gasteiger partial charge in [-0.25, -0.2) is 12.8 Å². The predicted molar refractivity (Wildman–Crippen MR) is 254 cm³/mol. The molecule has 3 saturated heterocycles. The van der Waals surface area contributed by atoms with Crippen LogP contribution >= 0.6 is 11.6 Å². The third-order valence-corrected chi connectivity index (χ3v) is 16.6. The molecule has 0 aromatic heterocycles. The lowest BCUT2D eigenvalue weighted by molar-refractivity contribution is -0.174. The maximum atomic E-state index is 16.1. The van der Waals surface area contributed by atoms with Gasteiger partial charge < -0.3 is 29.7 Å². The Kier molecular flexibility index (Phi) is 14.4. The van der Waals surface area contributed by atoms with E-state index in [0.717, 1.165) is 31.5 Å². The van der Waals surface area contributed by atoms with Gasteiger partial charge in [-0.1, -0.05) is 58.4 Å². The molecule has 4 N–H and O–H groups in total. The molecule has 4 fully saturated rings. The monoisotopic (exact) mass is 959 g/mol. The van der Waals surface area contributed by atoms with Crippen LogP contribution in [0.1, 0.15) is 77.0 Å². The van der Waals surface area contributed by atoms with E-state index in [4.69, 9.17) is 25.8 Å². The lowest BCUT2D eigenvalue weighted by Crippen LogP contribution is -2.75. The zero-order chi connectivity index (χ0) is 47.8. The molecule has 4 aliphatic heterocycles. The second-order valence-electron chi connectivity index (χ2n) is 19.7. The predicted octanol–water partition coefficient (Wildman–Crippen LogP) is 6.23. The lowest BCUT2D eigenvalue weighted by Gasteiger charge is -2.63. The summed E-state index contributed by atoms with van der Waals surface area (Å²) in [5.41, 5.74) is 1.48. The van der Waals surface area contributed by atoms with Crippen LogP contribution in [0.25, 0.3) is 5.57 Å². The van der Waals surface area contributed by atoms with Crippen molar-refractivity contribution in [3.05, 3.63) is 88.3 Å². The summed E-state index contributed by atoms with van der Waals surface area (Å²) in [5.74, 6) is -0.0731. The Hall–Kier alpha value is -4.60. The molecule has 3 aromatic rings. The first-order valence-electron chi connectivity index (χ1n) is 23.5. The number of piperidine rings is 1. The molecule has 17 heteroatoms. The molecule has 2 amide bonds. The van der Waals surface area contributed by atoms with Crippen molar-refractivity contribution < 1.29 is 36.6 Å². The average molecular weight is 961 g/mol. The van der Waals surface area contributed by atoms with Gasteiger partial charge in [-0.3, -0.25) is 25.1 Å². The molecular formula is C50H63ClFN7O7S. The number of aryl methyl sites for hydroxylation is 1. The third-order valence-electron chi connectivity index (χ3n) is 14.5. The molecule has 67 heavy (non-hydrogen) atoms. The van der Waals surface area contributed by atoms with E-state index in [9.17, 15) is 23.3 Å². The normalized spacial score (nSPS) is 26.2. The largest absolute Gasteiger partial charge is 0.489 e. The second kappa shape index (κ2) is 19.8. The molecular weight excluding hydrogens is 897 g/mol. The highest BCUT2D eigenvalue weighted by Crippen LogP contribution is 2.55. The smallest absolute Gasteiger partial charge is 0.244 e. The number of hydrogen-bond acceptors (Lipinski definition) is 12. The van der Waals surface area contributed by atoms with Crippen molar-refractivity contribution in [1.82, 2.24) is 31.1 Å². The number of nitrogens with one attached hydrogen (secondary N) is 4. The van der Waals surface area contributed by atoms with Crippen LogP contribution in [0, 0.1) is 39.8 Å². The molecule has 360 valence electrons. The van der Waals surface area contributed by atoms with Gasteiger partial charge in [-0.15, -0.1) is 0 Å². The van der Waals surface area contributed by atoms with E-state index >= 15 is 4.39 Å². The van der Waals surface area contributed by atoms with E-state index in [1.54, 1.807) is 68.7 Å². The van der Waals surface area contributed by atoms with Gasteiger partial charge >= 0.3 is 0 Å². The maximum absolute atomic E-state index is 16.1. The summed E-state index contributed by atoms with van der Waals surface area (Å²) >= 11 is 6.26. The zero-order valence-corrected chi connectivity index (χ0v) is 40.7. The summed E-state index contributed by atoms with van der Waals surface area (Å²) < 4.78 is 61.0. The Balaban J connectivity index is 0.788. The van der Waals surface area contributed by atoms with E-state index in [-0.39, 0.29) is 75.4 Å². The highest BCUT2D eigenvalue weighted by atomic mass is 35.5. The molecule has 14 nitrogen and oxygen atoms in total. The number of hydrogen-bond donors (Lipinski definition) is 4. The van der Waals surface area contributed by atoms with Gasteiger partial charge in [0.15, 0.2) is 21.4 Å². The van der Waals surface area contributed by atoms with Crippen LogP contribution in [-0.4, -0.2) is 113 Å². The van der Waals surface area contributed by atoms with Crippen LogP contribution in [0.4, 0.5) is 4.39 Å². The Bertz CT molecular complexity index is 2520. The molecule has 2 atom stereocenters. The van der Waals surface area contributed by atoms with Crippen molar-refractivity contribution in [3.63, 3.8) is 0 Å². The van der Waals surface area contributed by atoms with Gasteiger partial charge in [0.1, 0.15) is 30.0 Å². The number of nitrogens with zero attached hydrogens (tertiary/aromatic N) is 3. The fourth-order valence-electron chi connectivity index (χ4n) is 11.0. The first-order valence-corrected chi connectivity index (χ1v) is 25.5. The minimum absolute atomic E-state index is 0.00154. The SMILES string of the molecule is CCS(=O)(=O)c1ccc(Oc2cccc(CCCOC3CCN(C4NCC(C(=O)NC5C(C)(C)C(Oc6ccc(C#N)c(Cl)c6)C5(C)C)CN4)CC3)c2F)c(C2=CN(C)C(=O)C3NCCC23)c1. The van der Waals surface area contributed by atoms with E-state index < -0.39 is 21.7 Å². The minimum atomic E-state index is -3.56. The molecule has 1 saturated carbocycles. The van der Waals surface area contributed by atoms with Crippen LogP contribution in [-0.2, 0) is 30.6 Å². The lowest BCUT2D eigenvalue weighted by atomic mass is 9.49. The van der Waals surface area contributed by atoms with E-state index in [0.29, 0.717) is 78.7 Å². The van der Waals surface area contributed by atoms with Gasteiger partial charge in [0.2, 0.25) is 11.8 Å². The fourth-order valence-corrected chi connectivity index (χ4v) is 12.2. The molecule has 1 aliphatic carbocycles. The third kappa shape index (κ3) is 9.97. The maximum Gasteiger partial charge on any atom is 0.244 e. The van der Waals surface area contributed by atoms with Crippen LogP contribution < -0.4 is 30.7 Å². The van der Waals surface area contributed by atoms with Crippen molar-refractivity contribution in [3.8, 4) is 23.3 Å². The number of nitriles is 1. The number of amides is 2. The molecule has 8 rings (SSSR count). The summed E-state index contributed by atoms with van der Waals surface area (Å²) in [4.78, 5) is 30.5. The van der Waals surface area contributed by atoms with Gasteiger partial charge in [-0.05, 0) is 86.2 Å². The Morgan fingerprint density at radius 3 is 2.42 bits per heavy atom. The van der Waals surface area contributed by atoms with Crippen LogP contribution in [0.2, 0.25) is 5.02 Å². The van der Waals surface area contributed by atoms with E-state index in [1.807, 2.05) is 0 Å². The molecule has 0 radical (unpaired) electrons. The van der Waals surface area contributed by atoms with Crippen molar-refractivity contribution >= 4 is 38.8 Å². The number of rotatable bonds is 15. The van der Waals surface area contributed by atoms with Crippen molar-refractivity contribution in [1.29, 1.82) is 5.26 Å². The number of likely N-dealkylation sites (tertiary alicyclic amines) is 1. The highest BCUT2D eigenvalue weighted by Gasteiger charge is 2.64. The number of carbonyl (C=O) groups excluding carboxylic acids is 2. The zero-order valence-electron chi connectivity index (χ0n) is 39.2. The Morgan fingerprint density at radius 2 is 1.73 bits per heavy atom. The van der Waals surface area contributed by atoms with Crippen molar-refractivity contribution in [2.45, 2.75) is 102 Å². The number of carbonyl (C=O) groups is 2. The van der Waals surface area contributed by atoms with Gasteiger partial charge in [0.05, 0.1) is 39.3 Å². The molecule has 2 unspecified atom stereocenters. The second-order valence-corrected chi connectivity index (χ2v) is 22.4. The first kappa shape index (κ1) is 48.8. The number of sulfone groups is 1. The van der Waals surface area contributed by atoms with E-state index in [1.165, 1.54) is 11.0 Å². The van der Waals surface area contributed by atoms with Crippen LogP contribution in [0.3, 0.4) is 0 Å². The number of likely N-dealkylation sites (N-methyl/N-ethyl adjacent to an activating group) is 1. The molecule has 0 bridgehead atoms. The number of halogens is 2. The number of ether oxygens (including phenoxy) is 3. The van der Waals surface area contributed by atoms with Crippen molar-refractivity contribution in [2.24, 2.45) is 22.7 Å². The highest BCUT2D eigenvalue weighted by molar-refractivity contribution is 7.91. The molecule has 4 heterocycles. The average Bonchev–Trinajstić information content (AvgIpc) is 3.82. The molecule has 0 spiro atoms. The molecule has 3 aromatic carbocycles. The first-order chi connectivity index (χ1) is 31.9. The van der Waals surface area contributed by atoms with Gasteiger partial charge in [-0.2, -0.15) is 5.26 Å². The quantitative estimate of drug-likeness (QED) is 0.127. The minimum Gasteiger partial charge on any atom is -0.489 e. The number of fused-ring (bicyclic) bond motifs is 1. The Morgan fingerprint density at radius 1 is 1.00 bits per heavy atom. The van der Waals surface area contributed by atoms with Gasteiger partial charge in [0, 0.05) is 80.5 Å². The number of benzene rings is 3. The van der Waals surface area contributed by atoms with E-state index in [2.05, 4.69) is 59.9 Å². The summed E-state index contributed by atoms with van der Waals surface area (Å²) in [7, 11) is -1.88. The van der Waals surface area contributed by atoms with Crippen LogP contribution in [0.5, 0.6) is 17.2 Å². The summed E-state index contributed by atoms with van der Waals surface area (Å²) in [5, 5.41) is 23.3. The summed E-state index contributed by atoms with van der Waals surface area (Å²) in [6.07, 6.45) is 5.05. The van der Waals surface area contributed by atoms with Gasteiger partial charge in [0.25, 0.3) is 0 Å². The fraction of sp³-hybridized carbons (Fsp3) is 0.540. The summed E-state index contributed by atoms with van der Waals surface area (Å²) in [6, 6.07) is 16.3. The molecule has 5 aliphatic rings. The topological polar surface area (TPSA) is 174 Å².